The fourth-order valence-electron chi connectivity index (χ4n) is 7.82. The number of carbonyl (C=O) groups is 4. The molecule has 4 aromatic rings. The zero-order valence-electron chi connectivity index (χ0n) is 38.4. The summed E-state index contributed by atoms with van der Waals surface area (Å²) in [4.78, 5) is 55.3. The van der Waals surface area contributed by atoms with Gasteiger partial charge in [-0.05, 0) is 73.3 Å². The second-order valence-corrected chi connectivity index (χ2v) is 17.9. The highest BCUT2D eigenvalue weighted by Gasteiger charge is 2.55. The Morgan fingerprint density at radius 3 is 1.29 bits per heavy atom. The van der Waals surface area contributed by atoms with Gasteiger partial charge in [-0.3, -0.25) is 0 Å². The van der Waals surface area contributed by atoms with Gasteiger partial charge in [0.2, 0.25) is 0 Å². The second-order valence-electron chi connectivity index (χ2n) is 16.7. The summed E-state index contributed by atoms with van der Waals surface area (Å²) in [5.41, 5.74) is 0.261. The van der Waals surface area contributed by atoms with Crippen LogP contribution in [-0.4, -0.2) is 77.7 Å². The fourth-order valence-corrected chi connectivity index (χ4v) is 9.09. The van der Waals surface area contributed by atoms with Gasteiger partial charge in [0.05, 0.1) is 22.3 Å². The van der Waals surface area contributed by atoms with Crippen molar-refractivity contribution in [2.45, 2.75) is 146 Å². The van der Waals surface area contributed by atoms with Gasteiger partial charge < -0.3 is 23.7 Å². The molecule has 1 aliphatic rings. The molecule has 0 N–H and O–H groups in total. The summed E-state index contributed by atoms with van der Waals surface area (Å²) in [5.74, 6) is -2.64. The number of hydrogen-bond donors (Lipinski definition) is 0. The first kappa shape index (κ1) is 51.0. The third-order valence-electron chi connectivity index (χ3n) is 11.5. The van der Waals surface area contributed by atoms with Crippen LogP contribution < -0.4 is 0 Å². The van der Waals surface area contributed by atoms with Crippen LogP contribution >= 0.6 is 11.9 Å². The molecule has 0 radical (unpaired) electrons. The van der Waals surface area contributed by atoms with Crippen LogP contribution in [0.3, 0.4) is 0 Å². The molecule has 4 aromatic carbocycles. The zero-order chi connectivity index (χ0) is 45.9. The molecule has 1 heterocycles. The molecule has 1 unspecified atom stereocenters. The lowest BCUT2D eigenvalue weighted by molar-refractivity contribution is -0.0900. The first-order valence-corrected chi connectivity index (χ1v) is 24.8. The van der Waals surface area contributed by atoms with Crippen LogP contribution in [0.1, 0.15) is 158 Å². The minimum absolute atomic E-state index is 0.266. The summed E-state index contributed by atoms with van der Waals surface area (Å²) >= 11 is 1.43. The predicted molar refractivity (Wildman–Crippen MR) is 257 cm³/mol. The Kier molecular flexibility index (Phi) is 23.2. The van der Waals surface area contributed by atoms with E-state index in [0.29, 0.717) is 11.1 Å². The molecule has 0 saturated carbocycles. The first-order valence-electron chi connectivity index (χ1n) is 23.9. The Balaban J connectivity index is 1.47. The number of unbranched alkanes of at least 4 members (excludes halogenated alkanes) is 14. The molecule has 0 spiro atoms. The van der Waals surface area contributed by atoms with Gasteiger partial charge in [0.25, 0.3) is 0 Å². The average molecular weight is 908 g/mol. The number of nitrogens with zero attached hydrogens (tertiary/aromatic N) is 1. The highest BCUT2D eigenvalue weighted by atomic mass is 32.2. The van der Waals surface area contributed by atoms with Crippen LogP contribution in [0.4, 0.5) is 0 Å². The Labute approximate surface area is 391 Å². The van der Waals surface area contributed by atoms with E-state index >= 15 is 0 Å². The molecule has 5 rings (SSSR count). The molecular weight excluding hydrogens is 839 g/mol. The van der Waals surface area contributed by atoms with Gasteiger partial charge in [-0.1, -0.05) is 177 Å². The van der Waals surface area contributed by atoms with Crippen LogP contribution in [0, 0.1) is 0 Å². The lowest BCUT2D eigenvalue weighted by atomic mass is 10.1. The highest BCUT2D eigenvalue weighted by Crippen LogP contribution is 2.39. The lowest BCUT2D eigenvalue weighted by Gasteiger charge is -2.29. The highest BCUT2D eigenvalue weighted by molar-refractivity contribution is 7.97. The summed E-state index contributed by atoms with van der Waals surface area (Å²) in [6, 6.07) is 34.1. The molecule has 10 nitrogen and oxygen atoms in total. The van der Waals surface area contributed by atoms with Gasteiger partial charge in [-0.25, -0.2) is 23.5 Å². The van der Waals surface area contributed by atoms with Gasteiger partial charge in [0.1, 0.15) is 12.7 Å². The maximum atomic E-state index is 14.0. The maximum absolute atomic E-state index is 14.0. The molecular formula is C54H69NO9S. The van der Waals surface area contributed by atoms with E-state index in [2.05, 4.69) is 18.2 Å². The van der Waals surface area contributed by atoms with Crippen LogP contribution in [-0.2, 0) is 23.7 Å². The molecule has 5 atom stereocenters. The van der Waals surface area contributed by atoms with E-state index in [1.54, 1.807) is 115 Å². The largest absolute Gasteiger partial charge is 0.458 e. The maximum Gasteiger partial charge on any atom is 0.338 e. The fraction of sp³-hybridized carbons (Fsp3) is 0.481. The Morgan fingerprint density at radius 1 is 0.492 bits per heavy atom. The molecule has 1 fully saturated rings. The van der Waals surface area contributed by atoms with Gasteiger partial charge in [-0.15, -0.1) is 0 Å². The monoisotopic (exact) mass is 907 g/mol. The molecule has 0 aromatic heterocycles. The molecule has 11 heteroatoms. The summed E-state index contributed by atoms with van der Waals surface area (Å²) in [5, 5.41) is 0. The van der Waals surface area contributed by atoms with Crippen LogP contribution in [0.5, 0.6) is 0 Å². The minimum atomic E-state index is -1.29. The first-order chi connectivity index (χ1) is 31.9. The van der Waals surface area contributed by atoms with Gasteiger partial charge in [-0.2, -0.15) is 0 Å². The second kappa shape index (κ2) is 29.5. The number of hydrogen-bond acceptors (Lipinski definition) is 11. The third-order valence-corrected chi connectivity index (χ3v) is 12.8. The molecule has 0 bridgehead atoms. The molecule has 1 saturated heterocycles. The number of esters is 4. The summed E-state index contributed by atoms with van der Waals surface area (Å²) in [6.45, 7) is 5.57. The molecule has 65 heavy (non-hydrogen) atoms. The van der Waals surface area contributed by atoms with E-state index < -0.39 is 60.3 Å². The predicted octanol–water partition coefficient (Wildman–Crippen LogP) is 12.5. The van der Waals surface area contributed by atoms with Crippen LogP contribution in [0.15, 0.2) is 121 Å². The molecule has 0 aliphatic carbocycles. The third kappa shape index (κ3) is 17.7. The average Bonchev–Trinajstić information content (AvgIpc) is 3.67. The van der Waals surface area contributed by atoms with Crippen molar-refractivity contribution in [3.8, 4) is 0 Å². The Hall–Kier alpha value is -4.97. The number of ether oxygens (including phenoxy) is 5. The standard InChI is InChI=1S/C54H69NO9S/c1-3-5-7-9-11-13-15-29-39-55(40-30-16-14-12-10-8-6-4-2)65-54-49(63-53(59)45-37-27-20-28-38-45)48(62-52(58)44-35-25-19-26-36-44)47(64-54)46(61-51(57)43-33-23-18-24-34-43)41-60-50(56)42-31-21-17-22-32-42/h17-28,31-38,46-49,54H,3-16,29-30,39-41H2,1-2H3/t46-,47+,48+,49-,54?/m1/s1. The molecule has 1 aliphatic heterocycles. The SMILES string of the molecule is CCCCCCCCCCN(CCCCCCCCCC)SC1O[C@@H]([C@@H](COC(=O)c2ccccc2)OC(=O)c2ccccc2)[C@H](OC(=O)c2ccccc2)[C@H]1OC(=O)c1ccccc1. The van der Waals surface area contributed by atoms with Crippen molar-refractivity contribution < 1.29 is 42.9 Å². The smallest absolute Gasteiger partial charge is 0.338 e. The quantitative estimate of drug-likeness (QED) is 0.0215. The molecule has 350 valence electrons. The van der Waals surface area contributed by atoms with Crippen molar-refractivity contribution in [2.75, 3.05) is 19.7 Å². The van der Waals surface area contributed by atoms with Crippen molar-refractivity contribution in [1.82, 2.24) is 4.31 Å². The minimum Gasteiger partial charge on any atom is -0.458 e. The number of carbonyl (C=O) groups excluding carboxylic acids is 4. The topological polar surface area (TPSA) is 118 Å². The van der Waals surface area contributed by atoms with Gasteiger partial charge >= 0.3 is 23.9 Å². The zero-order valence-corrected chi connectivity index (χ0v) is 39.2. The van der Waals surface area contributed by atoms with E-state index in [-0.39, 0.29) is 11.1 Å². The normalized spacial score (nSPS) is 17.3. The Bertz CT molecular complexity index is 1930. The van der Waals surface area contributed by atoms with E-state index in [1.165, 1.54) is 76.2 Å². The Morgan fingerprint density at radius 2 is 0.862 bits per heavy atom. The van der Waals surface area contributed by atoms with E-state index in [9.17, 15) is 19.2 Å². The van der Waals surface area contributed by atoms with E-state index in [4.69, 9.17) is 23.7 Å². The van der Waals surface area contributed by atoms with Crippen molar-refractivity contribution >= 4 is 35.8 Å². The number of rotatable bonds is 30. The van der Waals surface area contributed by atoms with Crippen molar-refractivity contribution in [3.05, 3.63) is 144 Å². The van der Waals surface area contributed by atoms with Crippen molar-refractivity contribution in [1.29, 1.82) is 0 Å². The summed E-state index contributed by atoms with van der Waals surface area (Å²) in [6.07, 6.45) is 13.9. The van der Waals surface area contributed by atoms with Crippen LogP contribution in [0.2, 0.25) is 0 Å². The van der Waals surface area contributed by atoms with E-state index in [0.717, 1.165) is 51.6 Å². The lowest BCUT2D eigenvalue weighted by Crippen LogP contribution is -2.47. The summed E-state index contributed by atoms with van der Waals surface area (Å²) < 4.78 is 33.9. The molecule has 0 amide bonds. The van der Waals surface area contributed by atoms with Crippen molar-refractivity contribution in [3.63, 3.8) is 0 Å². The van der Waals surface area contributed by atoms with Crippen LogP contribution in [0.25, 0.3) is 0 Å². The number of benzene rings is 4. The van der Waals surface area contributed by atoms with Crippen molar-refractivity contribution in [2.24, 2.45) is 0 Å². The van der Waals surface area contributed by atoms with Gasteiger partial charge in [0, 0.05) is 13.1 Å². The van der Waals surface area contributed by atoms with E-state index in [1.807, 2.05) is 6.07 Å². The van der Waals surface area contributed by atoms with Gasteiger partial charge in [0.15, 0.2) is 23.7 Å². The summed E-state index contributed by atoms with van der Waals surface area (Å²) in [7, 11) is 0.